The maximum Gasteiger partial charge on any atom is 0.246 e. The minimum Gasteiger partial charge on any atom is -0.306 e. The minimum absolute atomic E-state index is 0.278. The average Bonchev–Trinajstić information content (AvgIpc) is 2.94. The van der Waals surface area contributed by atoms with E-state index in [-0.39, 0.29) is 4.90 Å². The van der Waals surface area contributed by atoms with Gasteiger partial charge < -0.3 is 4.90 Å². The van der Waals surface area contributed by atoms with E-state index in [1.807, 2.05) is 14.1 Å². The second-order valence-electron chi connectivity index (χ2n) is 5.58. The summed E-state index contributed by atoms with van der Waals surface area (Å²) in [6, 6.07) is 0.461. The van der Waals surface area contributed by atoms with Crippen molar-refractivity contribution in [2.75, 3.05) is 33.1 Å². The number of sulfonamides is 1. The fourth-order valence-electron chi connectivity index (χ4n) is 2.57. The van der Waals surface area contributed by atoms with Crippen molar-refractivity contribution in [3.8, 4) is 0 Å². The summed E-state index contributed by atoms with van der Waals surface area (Å²) in [5, 5.41) is 4.10. The molecule has 120 valence electrons. The SMILES string of the molecule is CN(C)C1CCN(S(=O)(=O)c2cnn(CCCCl)c2)CC1. The van der Waals surface area contributed by atoms with Crippen molar-refractivity contribution in [2.45, 2.75) is 36.7 Å². The lowest BCUT2D eigenvalue weighted by atomic mass is 10.1. The monoisotopic (exact) mass is 334 g/mol. The average molecular weight is 335 g/mol. The Morgan fingerprint density at radius 2 is 2.05 bits per heavy atom. The zero-order valence-electron chi connectivity index (χ0n) is 12.6. The van der Waals surface area contributed by atoms with Gasteiger partial charge in [-0.1, -0.05) is 0 Å². The number of rotatable bonds is 6. The quantitative estimate of drug-likeness (QED) is 0.734. The Bertz CT molecular complexity index is 550. The molecule has 2 heterocycles. The van der Waals surface area contributed by atoms with E-state index in [2.05, 4.69) is 10.00 Å². The van der Waals surface area contributed by atoms with E-state index in [9.17, 15) is 8.42 Å². The van der Waals surface area contributed by atoms with Crippen LogP contribution in [-0.2, 0) is 16.6 Å². The lowest BCUT2D eigenvalue weighted by Crippen LogP contribution is -2.44. The van der Waals surface area contributed by atoms with Crippen LogP contribution in [0.5, 0.6) is 0 Å². The van der Waals surface area contributed by atoms with Gasteiger partial charge in [-0.2, -0.15) is 9.40 Å². The molecule has 0 saturated carbocycles. The summed E-state index contributed by atoms with van der Waals surface area (Å²) in [5.74, 6) is 0.542. The number of aromatic nitrogens is 2. The summed E-state index contributed by atoms with van der Waals surface area (Å²) < 4.78 is 28.4. The highest BCUT2D eigenvalue weighted by molar-refractivity contribution is 7.89. The first-order valence-electron chi connectivity index (χ1n) is 7.20. The lowest BCUT2D eigenvalue weighted by molar-refractivity contribution is 0.196. The van der Waals surface area contributed by atoms with Crippen LogP contribution in [0, 0.1) is 0 Å². The zero-order chi connectivity index (χ0) is 15.5. The van der Waals surface area contributed by atoms with Crippen molar-refractivity contribution in [1.29, 1.82) is 0 Å². The van der Waals surface area contributed by atoms with Crippen LogP contribution in [0.3, 0.4) is 0 Å². The summed E-state index contributed by atoms with van der Waals surface area (Å²) in [5.41, 5.74) is 0. The summed E-state index contributed by atoms with van der Waals surface area (Å²) >= 11 is 5.64. The summed E-state index contributed by atoms with van der Waals surface area (Å²) in [6.45, 7) is 1.78. The normalized spacial score (nSPS) is 18.5. The summed E-state index contributed by atoms with van der Waals surface area (Å²) in [7, 11) is 0.658. The molecule has 1 aliphatic rings. The Balaban J connectivity index is 2.03. The molecule has 1 fully saturated rings. The molecule has 0 spiro atoms. The summed E-state index contributed by atoms with van der Waals surface area (Å²) in [6.07, 6.45) is 5.54. The lowest BCUT2D eigenvalue weighted by Gasteiger charge is -2.34. The third-order valence-electron chi connectivity index (χ3n) is 3.92. The first kappa shape index (κ1) is 16.7. The molecular weight excluding hydrogens is 312 g/mol. The molecule has 0 bridgehead atoms. The molecule has 0 N–H and O–H groups in total. The van der Waals surface area contributed by atoms with Crippen LogP contribution in [0.4, 0.5) is 0 Å². The Kier molecular flexibility index (Phi) is 5.65. The molecule has 0 atom stereocenters. The molecule has 8 heteroatoms. The molecule has 0 aliphatic carbocycles. The van der Waals surface area contributed by atoms with Gasteiger partial charge in [0.1, 0.15) is 4.90 Å². The predicted octanol–water partition coefficient (Wildman–Crippen LogP) is 1.23. The second-order valence-corrected chi connectivity index (χ2v) is 7.90. The van der Waals surface area contributed by atoms with Crippen LogP contribution >= 0.6 is 11.6 Å². The van der Waals surface area contributed by atoms with Crippen molar-refractivity contribution in [3.05, 3.63) is 12.4 Å². The van der Waals surface area contributed by atoms with Gasteiger partial charge in [-0.25, -0.2) is 8.42 Å². The fraction of sp³-hybridized carbons (Fsp3) is 0.769. The first-order chi connectivity index (χ1) is 9.95. The van der Waals surface area contributed by atoms with Gasteiger partial charge in [0, 0.05) is 37.8 Å². The first-order valence-corrected chi connectivity index (χ1v) is 9.17. The highest BCUT2D eigenvalue weighted by Gasteiger charge is 2.30. The van der Waals surface area contributed by atoms with Gasteiger partial charge in [-0.3, -0.25) is 4.68 Å². The van der Waals surface area contributed by atoms with Crippen molar-refractivity contribution < 1.29 is 8.42 Å². The van der Waals surface area contributed by atoms with E-state index in [1.165, 1.54) is 6.20 Å². The molecule has 2 rings (SSSR count). The topological polar surface area (TPSA) is 58.4 Å². The molecule has 6 nitrogen and oxygen atoms in total. The maximum absolute atomic E-state index is 12.6. The van der Waals surface area contributed by atoms with Gasteiger partial charge in [0.2, 0.25) is 10.0 Å². The van der Waals surface area contributed by atoms with Crippen LogP contribution in [0.15, 0.2) is 17.3 Å². The van der Waals surface area contributed by atoms with Gasteiger partial charge in [-0.15, -0.1) is 11.6 Å². The van der Waals surface area contributed by atoms with Crippen LogP contribution < -0.4 is 0 Å². The zero-order valence-corrected chi connectivity index (χ0v) is 14.1. The van der Waals surface area contributed by atoms with Crippen LogP contribution in [0.25, 0.3) is 0 Å². The molecule has 21 heavy (non-hydrogen) atoms. The number of aryl methyl sites for hydroxylation is 1. The van der Waals surface area contributed by atoms with E-state index in [0.29, 0.717) is 31.6 Å². The number of nitrogens with zero attached hydrogens (tertiary/aromatic N) is 4. The third-order valence-corrected chi connectivity index (χ3v) is 6.04. The largest absolute Gasteiger partial charge is 0.306 e. The molecule has 1 aromatic rings. The minimum atomic E-state index is -3.42. The van der Waals surface area contributed by atoms with Gasteiger partial charge in [0.15, 0.2) is 0 Å². The number of hydrogen-bond donors (Lipinski definition) is 0. The second kappa shape index (κ2) is 7.09. The highest BCUT2D eigenvalue weighted by atomic mass is 35.5. The third kappa shape index (κ3) is 3.97. The standard InChI is InChI=1S/C13H23ClN4O2S/c1-16(2)12-4-8-18(9-5-12)21(19,20)13-10-15-17(11-13)7-3-6-14/h10-12H,3-9H2,1-2H3. The molecule has 0 aromatic carbocycles. The molecular formula is C13H23ClN4O2S. The van der Waals surface area contributed by atoms with Crippen molar-refractivity contribution in [2.24, 2.45) is 0 Å². The molecule has 0 amide bonds. The van der Waals surface area contributed by atoms with Gasteiger partial charge in [0.05, 0.1) is 6.20 Å². The molecule has 0 radical (unpaired) electrons. The van der Waals surface area contributed by atoms with Crippen molar-refractivity contribution in [3.63, 3.8) is 0 Å². The van der Waals surface area contributed by atoms with E-state index in [0.717, 1.165) is 19.3 Å². The van der Waals surface area contributed by atoms with Gasteiger partial charge in [0.25, 0.3) is 0 Å². The van der Waals surface area contributed by atoms with Crippen molar-refractivity contribution >= 4 is 21.6 Å². The van der Waals surface area contributed by atoms with E-state index < -0.39 is 10.0 Å². The Hall–Kier alpha value is -0.630. The highest BCUT2D eigenvalue weighted by Crippen LogP contribution is 2.22. The Labute approximate surface area is 131 Å². The maximum atomic E-state index is 12.6. The van der Waals surface area contributed by atoms with E-state index in [1.54, 1.807) is 15.2 Å². The van der Waals surface area contributed by atoms with E-state index >= 15 is 0 Å². The van der Waals surface area contributed by atoms with E-state index in [4.69, 9.17) is 11.6 Å². The van der Waals surface area contributed by atoms with Gasteiger partial charge >= 0.3 is 0 Å². The molecule has 0 unspecified atom stereocenters. The number of hydrogen-bond acceptors (Lipinski definition) is 4. The van der Waals surface area contributed by atoms with Crippen LogP contribution in [0.2, 0.25) is 0 Å². The smallest absolute Gasteiger partial charge is 0.246 e. The van der Waals surface area contributed by atoms with Crippen LogP contribution in [0.1, 0.15) is 19.3 Å². The predicted molar refractivity (Wildman–Crippen MR) is 83.0 cm³/mol. The number of piperidine rings is 1. The summed E-state index contributed by atoms with van der Waals surface area (Å²) in [4.78, 5) is 2.44. The Morgan fingerprint density at radius 3 is 2.62 bits per heavy atom. The van der Waals surface area contributed by atoms with Gasteiger partial charge in [-0.05, 0) is 33.4 Å². The molecule has 1 aromatic heterocycles. The Morgan fingerprint density at radius 1 is 1.38 bits per heavy atom. The fourth-order valence-corrected chi connectivity index (χ4v) is 4.11. The number of halogens is 1. The van der Waals surface area contributed by atoms with Crippen molar-refractivity contribution in [1.82, 2.24) is 19.0 Å². The van der Waals surface area contributed by atoms with Crippen LogP contribution in [-0.4, -0.2) is 66.5 Å². The molecule has 1 saturated heterocycles. The number of alkyl halides is 1. The molecule has 1 aliphatic heterocycles.